The van der Waals surface area contributed by atoms with Gasteiger partial charge in [0.15, 0.2) is 0 Å². The molecule has 120 valence electrons. The second kappa shape index (κ2) is 8.32. The van der Waals surface area contributed by atoms with Crippen LogP contribution in [-0.2, 0) is 0 Å². The predicted octanol–water partition coefficient (Wildman–Crippen LogP) is 1.54. The molecule has 20 heavy (non-hydrogen) atoms. The largest absolute Gasteiger partial charge is 0.394 e. The molecule has 2 N–H and O–H groups in total. The highest BCUT2D eigenvalue weighted by Crippen LogP contribution is 2.14. The minimum absolute atomic E-state index is 0.151. The Morgan fingerprint density at radius 1 is 1.15 bits per heavy atom. The van der Waals surface area contributed by atoms with Crippen molar-refractivity contribution in [2.45, 2.75) is 65.1 Å². The van der Waals surface area contributed by atoms with E-state index in [2.05, 4.69) is 49.7 Å². The summed E-state index contributed by atoms with van der Waals surface area (Å²) in [6, 6.07) is 1.12. The van der Waals surface area contributed by atoms with Crippen LogP contribution >= 0.6 is 0 Å². The van der Waals surface area contributed by atoms with Gasteiger partial charge in [-0.1, -0.05) is 20.8 Å². The van der Waals surface area contributed by atoms with Crippen LogP contribution in [0, 0.1) is 0 Å². The van der Waals surface area contributed by atoms with E-state index >= 15 is 0 Å². The Bertz CT molecular complexity index is 264. The number of nitrogens with zero attached hydrogens (tertiary/aromatic N) is 2. The van der Waals surface area contributed by atoms with Gasteiger partial charge in [0.25, 0.3) is 0 Å². The first-order valence-electron chi connectivity index (χ1n) is 8.25. The lowest BCUT2D eigenvalue weighted by Gasteiger charge is -2.39. The highest BCUT2D eigenvalue weighted by Gasteiger charge is 2.26. The fourth-order valence-corrected chi connectivity index (χ4v) is 2.98. The third-order valence-electron chi connectivity index (χ3n) is 4.59. The van der Waals surface area contributed by atoms with Crippen molar-refractivity contribution in [2.75, 3.05) is 39.3 Å². The minimum atomic E-state index is -0.151. The Balaban J connectivity index is 2.33. The van der Waals surface area contributed by atoms with Gasteiger partial charge in [0.2, 0.25) is 0 Å². The number of hydrogen-bond donors (Lipinski definition) is 2. The molecule has 1 aliphatic heterocycles. The third-order valence-corrected chi connectivity index (χ3v) is 4.59. The Labute approximate surface area is 125 Å². The number of hydrogen-bond acceptors (Lipinski definition) is 4. The van der Waals surface area contributed by atoms with Gasteiger partial charge in [0.1, 0.15) is 0 Å². The summed E-state index contributed by atoms with van der Waals surface area (Å²) in [5, 5.41) is 13.1. The second-order valence-corrected chi connectivity index (χ2v) is 6.90. The number of nitrogens with one attached hydrogen (secondary N) is 1. The van der Waals surface area contributed by atoms with E-state index in [9.17, 15) is 5.11 Å². The van der Waals surface area contributed by atoms with Gasteiger partial charge >= 0.3 is 0 Å². The van der Waals surface area contributed by atoms with Crippen molar-refractivity contribution in [1.82, 2.24) is 15.1 Å². The van der Waals surface area contributed by atoms with Gasteiger partial charge in [-0.3, -0.25) is 4.90 Å². The molecule has 1 aliphatic rings. The van der Waals surface area contributed by atoms with Crippen LogP contribution < -0.4 is 5.32 Å². The number of piperazine rings is 1. The number of aliphatic hydroxyl groups is 1. The molecule has 0 radical (unpaired) electrons. The van der Waals surface area contributed by atoms with Crippen molar-refractivity contribution in [3.8, 4) is 0 Å². The Morgan fingerprint density at radius 2 is 1.75 bits per heavy atom. The molecule has 2 unspecified atom stereocenters. The topological polar surface area (TPSA) is 38.7 Å². The molecule has 0 aromatic heterocycles. The van der Waals surface area contributed by atoms with E-state index < -0.39 is 0 Å². The molecule has 0 aliphatic carbocycles. The van der Waals surface area contributed by atoms with Gasteiger partial charge in [-0.05, 0) is 26.7 Å². The van der Waals surface area contributed by atoms with E-state index in [0.29, 0.717) is 12.1 Å². The van der Waals surface area contributed by atoms with Crippen LogP contribution in [-0.4, -0.2) is 71.9 Å². The third kappa shape index (κ3) is 5.68. The minimum Gasteiger partial charge on any atom is -0.394 e. The van der Waals surface area contributed by atoms with Crippen LogP contribution in [0.3, 0.4) is 0 Å². The quantitative estimate of drug-likeness (QED) is 0.710. The summed E-state index contributed by atoms with van der Waals surface area (Å²) < 4.78 is 0. The fraction of sp³-hybridized carbons (Fsp3) is 1.00. The lowest BCUT2D eigenvalue weighted by Crippen LogP contribution is -2.53. The smallest absolute Gasteiger partial charge is 0.0611 e. The predicted molar refractivity (Wildman–Crippen MR) is 86.1 cm³/mol. The maximum Gasteiger partial charge on any atom is 0.0611 e. The van der Waals surface area contributed by atoms with E-state index in [4.69, 9.17) is 0 Å². The van der Waals surface area contributed by atoms with Crippen LogP contribution in [0.4, 0.5) is 0 Å². The lowest BCUT2D eigenvalue weighted by molar-refractivity contribution is 0.0838. The zero-order valence-corrected chi connectivity index (χ0v) is 14.2. The molecular weight excluding hydrogens is 250 g/mol. The molecule has 1 heterocycles. The first kappa shape index (κ1) is 17.9. The molecule has 2 atom stereocenters. The standard InChI is InChI=1S/C16H35N3O/c1-6-15(4)19-11-9-18(10-12-19)8-7-16(5,13-20)17-14(2)3/h14-15,17,20H,6-13H2,1-5H3. The fourth-order valence-electron chi connectivity index (χ4n) is 2.98. The van der Waals surface area contributed by atoms with Crippen molar-refractivity contribution in [2.24, 2.45) is 0 Å². The highest BCUT2D eigenvalue weighted by atomic mass is 16.3. The van der Waals surface area contributed by atoms with Gasteiger partial charge in [-0.15, -0.1) is 0 Å². The average Bonchev–Trinajstić information content (AvgIpc) is 2.44. The Morgan fingerprint density at radius 3 is 2.20 bits per heavy atom. The van der Waals surface area contributed by atoms with Crippen molar-refractivity contribution in [3.05, 3.63) is 0 Å². The molecule has 0 spiro atoms. The van der Waals surface area contributed by atoms with E-state index in [1.165, 1.54) is 19.5 Å². The van der Waals surface area contributed by atoms with Crippen LogP contribution in [0.2, 0.25) is 0 Å². The summed E-state index contributed by atoms with van der Waals surface area (Å²) in [6.07, 6.45) is 2.24. The lowest BCUT2D eigenvalue weighted by atomic mass is 9.97. The van der Waals surface area contributed by atoms with E-state index in [-0.39, 0.29) is 12.1 Å². The maximum atomic E-state index is 9.62. The molecule has 0 aromatic carbocycles. The average molecular weight is 285 g/mol. The molecule has 0 saturated carbocycles. The summed E-state index contributed by atoms with van der Waals surface area (Å²) in [4.78, 5) is 5.13. The second-order valence-electron chi connectivity index (χ2n) is 6.90. The highest BCUT2D eigenvalue weighted by molar-refractivity contribution is 4.86. The Hall–Kier alpha value is -0.160. The summed E-state index contributed by atoms with van der Waals surface area (Å²) in [5.41, 5.74) is -0.151. The zero-order chi connectivity index (χ0) is 15.2. The van der Waals surface area contributed by atoms with Crippen molar-refractivity contribution in [1.29, 1.82) is 0 Å². The number of rotatable bonds is 8. The van der Waals surface area contributed by atoms with Gasteiger partial charge in [0, 0.05) is 50.3 Å². The first-order valence-corrected chi connectivity index (χ1v) is 8.25. The normalized spacial score (nSPS) is 22.9. The van der Waals surface area contributed by atoms with Crippen LogP contribution in [0.25, 0.3) is 0 Å². The van der Waals surface area contributed by atoms with Gasteiger partial charge in [0.05, 0.1) is 6.61 Å². The summed E-state index contributed by atoms with van der Waals surface area (Å²) in [6.45, 7) is 17.0. The van der Waals surface area contributed by atoms with Gasteiger partial charge < -0.3 is 15.3 Å². The molecule has 0 aromatic rings. The molecular formula is C16H35N3O. The molecule has 0 bridgehead atoms. The molecule has 0 amide bonds. The van der Waals surface area contributed by atoms with E-state index in [1.807, 2.05) is 0 Å². The van der Waals surface area contributed by atoms with E-state index in [1.54, 1.807) is 0 Å². The molecule has 4 heteroatoms. The van der Waals surface area contributed by atoms with E-state index in [0.717, 1.165) is 26.1 Å². The molecule has 1 fully saturated rings. The van der Waals surface area contributed by atoms with Gasteiger partial charge in [-0.2, -0.15) is 0 Å². The van der Waals surface area contributed by atoms with Gasteiger partial charge in [-0.25, -0.2) is 0 Å². The van der Waals surface area contributed by atoms with Crippen molar-refractivity contribution < 1.29 is 5.11 Å². The van der Waals surface area contributed by atoms with Crippen molar-refractivity contribution in [3.63, 3.8) is 0 Å². The Kier molecular flexibility index (Phi) is 7.45. The van der Waals surface area contributed by atoms with Crippen molar-refractivity contribution >= 4 is 0 Å². The molecule has 1 rings (SSSR count). The van der Waals surface area contributed by atoms with Crippen LogP contribution in [0.15, 0.2) is 0 Å². The SMILES string of the molecule is CCC(C)N1CCN(CCC(C)(CO)NC(C)C)CC1. The summed E-state index contributed by atoms with van der Waals surface area (Å²) in [5.74, 6) is 0. The molecule has 4 nitrogen and oxygen atoms in total. The summed E-state index contributed by atoms with van der Waals surface area (Å²) >= 11 is 0. The monoisotopic (exact) mass is 285 g/mol. The number of aliphatic hydroxyl groups excluding tert-OH is 1. The molecule has 1 saturated heterocycles. The first-order chi connectivity index (χ1) is 9.40. The zero-order valence-electron chi connectivity index (χ0n) is 14.2. The van der Waals surface area contributed by atoms with Crippen LogP contribution in [0.1, 0.15) is 47.5 Å². The summed E-state index contributed by atoms with van der Waals surface area (Å²) in [7, 11) is 0. The maximum absolute atomic E-state index is 9.62. The van der Waals surface area contributed by atoms with Crippen LogP contribution in [0.5, 0.6) is 0 Å².